The van der Waals surface area contributed by atoms with Crippen LogP contribution in [0.15, 0.2) is 37.4 Å². The topological polar surface area (TPSA) is 51.6 Å². The molecule has 31 heavy (non-hydrogen) atoms. The number of nitrogens with zero attached hydrogens (tertiary/aromatic N) is 4. The molecule has 0 fully saturated rings. The van der Waals surface area contributed by atoms with Crippen molar-refractivity contribution in [1.82, 2.24) is 19.9 Å². The van der Waals surface area contributed by atoms with Gasteiger partial charge in [0, 0.05) is 24.8 Å². The molecule has 0 radical (unpaired) electrons. The Morgan fingerprint density at radius 2 is 0.581 bits per heavy atom. The van der Waals surface area contributed by atoms with Crippen molar-refractivity contribution in [3.8, 4) is 0 Å². The summed E-state index contributed by atoms with van der Waals surface area (Å²) in [7, 11) is 0. The van der Waals surface area contributed by atoms with Crippen molar-refractivity contribution in [2.45, 2.75) is 131 Å². The van der Waals surface area contributed by atoms with Gasteiger partial charge < -0.3 is 0 Å². The van der Waals surface area contributed by atoms with Gasteiger partial charge in [0.25, 0.3) is 0 Å². The van der Waals surface area contributed by atoms with Crippen LogP contribution in [-0.2, 0) is 0 Å². The van der Waals surface area contributed by atoms with Crippen LogP contribution in [0, 0.1) is 13.8 Å². The van der Waals surface area contributed by atoms with Gasteiger partial charge in [0.15, 0.2) is 0 Å². The Morgan fingerprint density at radius 1 is 0.452 bits per heavy atom. The summed E-state index contributed by atoms with van der Waals surface area (Å²) in [5.74, 6) is 0. The summed E-state index contributed by atoms with van der Waals surface area (Å²) in [6, 6.07) is 0. The number of rotatable bonds is 0. The lowest BCUT2D eigenvalue weighted by molar-refractivity contribution is 1.09. The van der Waals surface area contributed by atoms with E-state index >= 15 is 0 Å². The van der Waals surface area contributed by atoms with Crippen molar-refractivity contribution < 1.29 is 0 Å². The Kier molecular flexibility index (Phi) is 133. The molecule has 0 aliphatic rings. The number of hydrogen-bond acceptors (Lipinski definition) is 4. The van der Waals surface area contributed by atoms with Crippen LogP contribution in [0.1, 0.15) is 128 Å². The van der Waals surface area contributed by atoms with Gasteiger partial charge in [0.2, 0.25) is 0 Å². The molecule has 0 saturated heterocycles. The average Bonchev–Trinajstić information content (AvgIpc) is 2.83. The van der Waals surface area contributed by atoms with Gasteiger partial charge >= 0.3 is 0 Å². The predicted molar refractivity (Wildman–Crippen MR) is 149 cm³/mol. The van der Waals surface area contributed by atoms with Crippen molar-refractivity contribution in [1.29, 1.82) is 0 Å². The SMILES string of the molecule is C.CC.CC.CC.CC.CC.CCC.CCC.Cc1cncnc1.Cc1cncnc1. The lowest BCUT2D eigenvalue weighted by atomic mass is 10.4. The van der Waals surface area contributed by atoms with Crippen LogP contribution in [0.3, 0.4) is 0 Å². The van der Waals surface area contributed by atoms with E-state index in [1.54, 1.807) is 24.8 Å². The molecular formula is C27H62N4. The molecule has 0 N–H and O–H groups in total. The molecule has 2 heterocycles. The summed E-state index contributed by atoms with van der Waals surface area (Å²) in [4.78, 5) is 15.1. The van der Waals surface area contributed by atoms with Crippen LogP contribution in [0.25, 0.3) is 0 Å². The van der Waals surface area contributed by atoms with E-state index in [0.717, 1.165) is 11.1 Å². The molecule has 0 aliphatic carbocycles. The number of aromatic nitrogens is 4. The smallest absolute Gasteiger partial charge is 0.115 e. The summed E-state index contributed by atoms with van der Waals surface area (Å²) in [6.07, 6.45) is 12.6. The second-order valence-corrected chi connectivity index (χ2v) is 4.25. The number of hydrogen-bond donors (Lipinski definition) is 0. The molecule has 4 heteroatoms. The average molecular weight is 443 g/mol. The van der Waals surface area contributed by atoms with Gasteiger partial charge in [-0.15, -0.1) is 0 Å². The molecule has 0 saturated carbocycles. The predicted octanol–water partition coefficient (Wildman–Crippen LogP) is 10.2. The van der Waals surface area contributed by atoms with E-state index in [-0.39, 0.29) is 7.43 Å². The lowest BCUT2D eigenvalue weighted by Gasteiger charge is -1.81. The molecule has 0 unspecified atom stereocenters. The fourth-order valence-corrected chi connectivity index (χ4v) is 0.747. The first-order chi connectivity index (χ1) is 14.6. The Labute approximate surface area is 199 Å². The Morgan fingerprint density at radius 3 is 0.645 bits per heavy atom. The largest absolute Gasteiger partial charge is 0.245 e. The summed E-state index contributed by atoms with van der Waals surface area (Å²) in [6.45, 7) is 32.4. The standard InChI is InChI=1S/2C5H6N2.2C3H8.5C2H6.CH4/c2*1-5-2-6-4-7-3-5;2*1-3-2;5*1-2;/h2*2-4H,1H3;2*3H2,1-2H3;5*1-2H3;1H4. The fourth-order valence-electron chi connectivity index (χ4n) is 0.747. The number of aryl methyl sites for hydroxylation is 2. The second-order valence-electron chi connectivity index (χ2n) is 4.25. The highest BCUT2D eigenvalue weighted by atomic mass is 14.8. The van der Waals surface area contributed by atoms with Crippen LogP contribution < -0.4 is 0 Å². The first-order valence-corrected chi connectivity index (χ1v) is 12.0. The van der Waals surface area contributed by atoms with E-state index < -0.39 is 0 Å². The summed E-state index contributed by atoms with van der Waals surface area (Å²) < 4.78 is 0. The molecule has 0 aliphatic heterocycles. The minimum absolute atomic E-state index is 0. The molecule has 0 amide bonds. The van der Waals surface area contributed by atoms with Gasteiger partial charge in [-0.2, -0.15) is 0 Å². The van der Waals surface area contributed by atoms with Gasteiger partial charge in [0.05, 0.1) is 0 Å². The van der Waals surface area contributed by atoms with Gasteiger partial charge in [-0.1, -0.05) is 117 Å². The van der Waals surface area contributed by atoms with E-state index in [1.165, 1.54) is 25.5 Å². The molecule has 0 aromatic carbocycles. The van der Waals surface area contributed by atoms with E-state index in [2.05, 4.69) is 47.6 Å². The maximum absolute atomic E-state index is 3.77. The Hall–Kier alpha value is -1.84. The third-order valence-electron chi connectivity index (χ3n) is 1.38. The molecule has 4 nitrogen and oxygen atoms in total. The van der Waals surface area contributed by atoms with Crippen molar-refractivity contribution in [2.24, 2.45) is 0 Å². The second kappa shape index (κ2) is 79.5. The third-order valence-corrected chi connectivity index (χ3v) is 1.38. The zero-order valence-corrected chi connectivity index (χ0v) is 23.7. The minimum Gasteiger partial charge on any atom is -0.245 e. The molecular weight excluding hydrogens is 380 g/mol. The van der Waals surface area contributed by atoms with Crippen molar-refractivity contribution in [3.63, 3.8) is 0 Å². The maximum atomic E-state index is 3.77. The van der Waals surface area contributed by atoms with E-state index in [1.807, 2.05) is 83.1 Å². The van der Waals surface area contributed by atoms with Gasteiger partial charge in [-0.3, -0.25) is 0 Å². The van der Waals surface area contributed by atoms with Crippen LogP contribution in [0.2, 0.25) is 0 Å². The van der Waals surface area contributed by atoms with E-state index in [9.17, 15) is 0 Å². The molecule has 0 atom stereocenters. The normalized spacial score (nSPS) is 6.06. The van der Waals surface area contributed by atoms with Crippen molar-refractivity contribution in [2.75, 3.05) is 0 Å². The minimum atomic E-state index is 0. The fraction of sp³-hybridized carbons (Fsp3) is 0.704. The summed E-state index contributed by atoms with van der Waals surface area (Å²) >= 11 is 0. The molecule has 190 valence electrons. The first kappa shape index (κ1) is 51.6. The molecule has 2 aromatic heterocycles. The maximum Gasteiger partial charge on any atom is 0.115 e. The van der Waals surface area contributed by atoms with Gasteiger partial charge in [-0.25, -0.2) is 19.9 Å². The highest BCUT2D eigenvalue weighted by Crippen LogP contribution is 1.84. The van der Waals surface area contributed by atoms with E-state index in [4.69, 9.17) is 0 Å². The Balaban J connectivity index is -0.0000000344. The van der Waals surface area contributed by atoms with Crippen LogP contribution in [-0.4, -0.2) is 19.9 Å². The third kappa shape index (κ3) is 96.1. The summed E-state index contributed by atoms with van der Waals surface area (Å²) in [5.41, 5.74) is 2.20. The highest BCUT2D eigenvalue weighted by Gasteiger charge is 1.75. The van der Waals surface area contributed by atoms with Crippen molar-refractivity contribution in [3.05, 3.63) is 48.6 Å². The molecule has 2 aromatic rings. The van der Waals surface area contributed by atoms with Gasteiger partial charge in [-0.05, 0) is 25.0 Å². The van der Waals surface area contributed by atoms with Crippen LogP contribution in [0.4, 0.5) is 0 Å². The highest BCUT2D eigenvalue weighted by molar-refractivity contribution is 4.97. The molecule has 2 rings (SSSR count). The zero-order chi connectivity index (χ0) is 25.6. The summed E-state index contributed by atoms with van der Waals surface area (Å²) in [5, 5.41) is 0. The first-order valence-electron chi connectivity index (χ1n) is 12.0. The molecule has 0 spiro atoms. The monoisotopic (exact) mass is 442 g/mol. The lowest BCUT2D eigenvalue weighted by Crippen LogP contribution is -1.75. The van der Waals surface area contributed by atoms with Crippen LogP contribution in [0.5, 0.6) is 0 Å². The van der Waals surface area contributed by atoms with Gasteiger partial charge in [0.1, 0.15) is 12.7 Å². The zero-order valence-electron chi connectivity index (χ0n) is 23.7. The quantitative estimate of drug-likeness (QED) is 0.407. The Bertz CT molecular complexity index is 339. The molecule has 0 bridgehead atoms. The van der Waals surface area contributed by atoms with E-state index in [0.29, 0.717) is 0 Å². The van der Waals surface area contributed by atoms with Crippen molar-refractivity contribution >= 4 is 0 Å². The van der Waals surface area contributed by atoms with Crippen LogP contribution >= 0.6 is 0 Å².